The SMILES string of the molecule is O=C(N[C@@H]1C(=O)N(S(=O)(=O)O)[C@@H]1N1C(=O)c2ccccc2C1=O)OCc1ccccc1. The highest BCUT2D eigenvalue weighted by Crippen LogP contribution is 2.33. The number of alkyl carbamates (subject to hydrolysis) is 1. The van der Waals surface area contributed by atoms with Crippen LogP contribution < -0.4 is 5.32 Å². The molecule has 12 heteroatoms. The number of rotatable bonds is 5. The molecule has 0 bridgehead atoms. The molecule has 0 radical (unpaired) electrons. The van der Waals surface area contributed by atoms with Crippen LogP contribution in [0.5, 0.6) is 0 Å². The minimum atomic E-state index is -5.11. The second-order valence-corrected chi connectivity index (χ2v) is 8.02. The summed E-state index contributed by atoms with van der Waals surface area (Å²) in [6.45, 7) is -0.132. The van der Waals surface area contributed by atoms with Crippen molar-refractivity contribution in [2.75, 3.05) is 0 Å². The first-order valence-corrected chi connectivity index (χ1v) is 10.3. The molecule has 1 saturated heterocycles. The Balaban J connectivity index is 1.56. The maximum absolute atomic E-state index is 12.7. The Kier molecular flexibility index (Phi) is 4.95. The lowest BCUT2D eigenvalue weighted by Crippen LogP contribution is -2.77. The van der Waals surface area contributed by atoms with Gasteiger partial charge in [-0.05, 0) is 17.7 Å². The summed E-state index contributed by atoms with van der Waals surface area (Å²) in [5, 5.41) is 2.16. The van der Waals surface area contributed by atoms with Gasteiger partial charge in [-0.2, -0.15) is 12.7 Å². The molecule has 2 heterocycles. The first-order chi connectivity index (χ1) is 14.7. The molecule has 2 aliphatic rings. The summed E-state index contributed by atoms with van der Waals surface area (Å²) >= 11 is 0. The molecule has 11 nitrogen and oxygen atoms in total. The van der Waals surface area contributed by atoms with Crippen LogP contribution in [0.4, 0.5) is 4.79 Å². The van der Waals surface area contributed by atoms with E-state index < -0.39 is 46.3 Å². The standard InChI is InChI=1S/C19H15N3O8S/c23-16-12-8-4-5-9-13(12)17(24)21(16)15-14(18(25)22(15)31(27,28)29)20-19(26)30-10-11-6-2-1-3-7-11/h1-9,14-15H,10H2,(H,20,26)(H,27,28,29)/t14-,15-/m0/s1. The zero-order valence-electron chi connectivity index (χ0n) is 15.7. The van der Waals surface area contributed by atoms with Crippen LogP contribution in [0.1, 0.15) is 26.3 Å². The molecule has 4 amide bonds. The van der Waals surface area contributed by atoms with E-state index in [2.05, 4.69) is 5.32 Å². The van der Waals surface area contributed by atoms with Gasteiger partial charge in [-0.15, -0.1) is 0 Å². The number of hydrogen-bond acceptors (Lipinski definition) is 7. The van der Waals surface area contributed by atoms with Crippen molar-refractivity contribution in [3.05, 3.63) is 71.3 Å². The number of nitrogens with one attached hydrogen (secondary N) is 1. The smallest absolute Gasteiger partial charge is 0.408 e. The van der Waals surface area contributed by atoms with Crippen LogP contribution in [0.15, 0.2) is 54.6 Å². The van der Waals surface area contributed by atoms with E-state index >= 15 is 0 Å². The molecule has 160 valence electrons. The van der Waals surface area contributed by atoms with Gasteiger partial charge >= 0.3 is 16.4 Å². The maximum atomic E-state index is 12.7. The van der Waals surface area contributed by atoms with E-state index in [0.717, 1.165) is 0 Å². The van der Waals surface area contributed by atoms with E-state index in [0.29, 0.717) is 10.5 Å². The van der Waals surface area contributed by atoms with Crippen LogP contribution in [-0.4, -0.2) is 58.2 Å². The van der Waals surface area contributed by atoms with Crippen molar-refractivity contribution in [3.63, 3.8) is 0 Å². The Hall–Kier alpha value is -3.77. The predicted octanol–water partition coefficient (Wildman–Crippen LogP) is 0.549. The molecule has 2 atom stereocenters. The Labute approximate surface area is 176 Å². The molecular formula is C19H15N3O8S. The first-order valence-electron chi connectivity index (χ1n) is 8.95. The summed E-state index contributed by atoms with van der Waals surface area (Å²) in [7, 11) is -5.11. The largest absolute Gasteiger partial charge is 0.445 e. The van der Waals surface area contributed by atoms with Gasteiger partial charge in [0.2, 0.25) is 0 Å². The summed E-state index contributed by atoms with van der Waals surface area (Å²) in [5.41, 5.74) is 0.675. The molecule has 2 aliphatic heterocycles. The normalized spacial score (nSPS) is 20.4. The van der Waals surface area contributed by atoms with Crippen LogP contribution in [-0.2, 0) is 26.4 Å². The Morgan fingerprint density at radius 1 is 0.968 bits per heavy atom. The Morgan fingerprint density at radius 2 is 1.52 bits per heavy atom. The van der Waals surface area contributed by atoms with Crippen molar-refractivity contribution in [3.8, 4) is 0 Å². The number of benzene rings is 2. The molecular weight excluding hydrogens is 430 g/mol. The van der Waals surface area contributed by atoms with Crippen molar-refractivity contribution in [2.24, 2.45) is 0 Å². The van der Waals surface area contributed by atoms with Gasteiger partial charge in [0, 0.05) is 0 Å². The van der Waals surface area contributed by atoms with E-state index in [1.54, 1.807) is 30.3 Å². The second kappa shape index (κ2) is 7.49. The van der Waals surface area contributed by atoms with Crippen molar-refractivity contribution >= 4 is 34.1 Å². The fourth-order valence-electron chi connectivity index (χ4n) is 3.43. The average Bonchev–Trinajstić information content (AvgIpc) is 2.98. The molecule has 0 spiro atoms. The second-order valence-electron chi connectivity index (χ2n) is 6.74. The fourth-order valence-corrected chi connectivity index (χ4v) is 4.26. The Morgan fingerprint density at radius 3 is 2.06 bits per heavy atom. The number of β-lactam (4-membered cyclic amide) rings is 1. The van der Waals surface area contributed by atoms with Crippen LogP contribution in [0.2, 0.25) is 0 Å². The molecule has 0 unspecified atom stereocenters. The zero-order chi connectivity index (χ0) is 22.3. The third-order valence-corrected chi connectivity index (χ3v) is 5.74. The van der Waals surface area contributed by atoms with Crippen LogP contribution in [0.25, 0.3) is 0 Å². The Bertz CT molecular complexity index is 1160. The maximum Gasteiger partial charge on any atom is 0.408 e. The highest BCUT2D eigenvalue weighted by Gasteiger charge is 2.61. The summed E-state index contributed by atoms with van der Waals surface area (Å²) in [6.07, 6.45) is -2.85. The topological polar surface area (TPSA) is 150 Å². The summed E-state index contributed by atoms with van der Waals surface area (Å²) in [6, 6.07) is 12.8. The number of imide groups is 1. The number of fused-ring (bicyclic) bond motifs is 1. The lowest BCUT2D eigenvalue weighted by molar-refractivity contribution is -0.147. The van der Waals surface area contributed by atoms with Gasteiger partial charge in [-0.1, -0.05) is 42.5 Å². The van der Waals surface area contributed by atoms with Crippen LogP contribution in [0.3, 0.4) is 0 Å². The number of carbonyl (C=O) groups excluding carboxylic acids is 4. The van der Waals surface area contributed by atoms with Crippen LogP contribution in [0, 0.1) is 0 Å². The molecule has 1 fully saturated rings. The minimum Gasteiger partial charge on any atom is -0.445 e. The lowest BCUT2D eigenvalue weighted by atomic mass is 10.1. The van der Waals surface area contributed by atoms with Crippen molar-refractivity contribution in [1.82, 2.24) is 14.5 Å². The third kappa shape index (κ3) is 3.51. The van der Waals surface area contributed by atoms with Crippen molar-refractivity contribution < 1.29 is 36.9 Å². The average molecular weight is 445 g/mol. The van der Waals surface area contributed by atoms with Gasteiger partial charge in [0.25, 0.3) is 17.7 Å². The van der Waals surface area contributed by atoms with Crippen LogP contribution >= 0.6 is 0 Å². The fraction of sp³-hybridized carbons (Fsp3) is 0.158. The van der Waals surface area contributed by atoms with Crippen molar-refractivity contribution in [2.45, 2.75) is 18.8 Å². The van der Waals surface area contributed by atoms with Crippen molar-refractivity contribution in [1.29, 1.82) is 0 Å². The van der Waals surface area contributed by atoms with E-state index in [4.69, 9.17) is 4.74 Å². The zero-order valence-corrected chi connectivity index (χ0v) is 16.5. The molecule has 31 heavy (non-hydrogen) atoms. The van der Waals surface area contributed by atoms with Gasteiger partial charge in [-0.25, -0.2) is 9.69 Å². The van der Waals surface area contributed by atoms with Gasteiger partial charge in [0.1, 0.15) is 6.61 Å². The number of amides is 4. The molecule has 4 rings (SSSR count). The van der Waals surface area contributed by atoms with Gasteiger partial charge in [-0.3, -0.25) is 18.9 Å². The first kappa shape index (κ1) is 20.5. The quantitative estimate of drug-likeness (QED) is 0.385. The van der Waals surface area contributed by atoms with Gasteiger partial charge in [0.15, 0.2) is 12.2 Å². The number of ether oxygens (including phenoxy) is 1. The molecule has 2 N–H and O–H groups in total. The molecule has 2 aromatic rings. The molecule has 2 aromatic carbocycles. The molecule has 0 aromatic heterocycles. The highest BCUT2D eigenvalue weighted by molar-refractivity contribution is 7.84. The number of nitrogens with zero attached hydrogens (tertiary/aromatic N) is 2. The van der Waals surface area contributed by atoms with E-state index in [1.165, 1.54) is 24.3 Å². The lowest BCUT2D eigenvalue weighted by Gasteiger charge is -2.46. The monoisotopic (exact) mass is 445 g/mol. The summed E-state index contributed by atoms with van der Waals surface area (Å²) < 4.78 is 37.8. The summed E-state index contributed by atoms with van der Waals surface area (Å²) in [5.74, 6) is -2.95. The molecule has 0 aliphatic carbocycles. The minimum absolute atomic E-state index is 0.00698. The number of carbonyl (C=O) groups is 4. The van der Waals surface area contributed by atoms with E-state index in [1.807, 2.05) is 0 Å². The van der Waals surface area contributed by atoms with Gasteiger partial charge < -0.3 is 10.1 Å². The third-order valence-electron chi connectivity index (χ3n) is 4.85. The van der Waals surface area contributed by atoms with E-state index in [-0.39, 0.29) is 22.0 Å². The summed E-state index contributed by atoms with van der Waals surface area (Å²) in [4.78, 5) is 50.4. The predicted molar refractivity (Wildman–Crippen MR) is 103 cm³/mol. The van der Waals surface area contributed by atoms with Gasteiger partial charge in [0.05, 0.1) is 11.1 Å². The molecule has 0 saturated carbocycles. The number of hydrogen-bond donors (Lipinski definition) is 2. The van der Waals surface area contributed by atoms with E-state index in [9.17, 15) is 32.1 Å². The highest BCUT2D eigenvalue weighted by atomic mass is 32.2.